The number of hydrogen-bond donors (Lipinski definition) is 0. The Morgan fingerprint density at radius 3 is 2.62 bits per heavy atom. The molecule has 10 heteroatoms. The van der Waals surface area contributed by atoms with Crippen molar-refractivity contribution in [1.29, 1.82) is 0 Å². The molecule has 0 saturated carbocycles. The molecule has 2 heterocycles. The van der Waals surface area contributed by atoms with E-state index in [0.717, 1.165) is 4.57 Å². The highest BCUT2D eigenvalue weighted by Crippen LogP contribution is 2.36. The van der Waals surface area contributed by atoms with Crippen LogP contribution in [0.1, 0.15) is 5.82 Å². The van der Waals surface area contributed by atoms with Gasteiger partial charge in [-0.05, 0) is 18.2 Å². The summed E-state index contributed by atoms with van der Waals surface area (Å²) in [7, 11) is 2.53. The Morgan fingerprint density at radius 1 is 1.27 bits per heavy atom. The molecule has 26 heavy (non-hydrogen) atoms. The summed E-state index contributed by atoms with van der Waals surface area (Å²) in [5.41, 5.74) is 0.728. The number of ether oxygens (including phenoxy) is 2. The minimum absolute atomic E-state index is 0.0366. The number of benzene rings is 1. The zero-order valence-corrected chi connectivity index (χ0v) is 15.3. The summed E-state index contributed by atoms with van der Waals surface area (Å²) >= 11 is 3.31. The molecule has 1 aromatic carbocycles. The first-order valence-corrected chi connectivity index (χ1v) is 8.18. The first kappa shape index (κ1) is 18.4. The van der Waals surface area contributed by atoms with Crippen molar-refractivity contribution in [2.24, 2.45) is 0 Å². The Morgan fingerprint density at radius 2 is 2.00 bits per heavy atom. The van der Waals surface area contributed by atoms with Crippen molar-refractivity contribution < 1.29 is 27.4 Å². The van der Waals surface area contributed by atoms with Crippen LogP contribution in [-0.4, -0.2) is 40.9 Å². The van der Waals surface area contributed by atoms with Crippen LogP contribution in [0.15, 0.2) is 22.7 Å². The van der Waals surface area contributed by atoms with Gasteiger partial charge in [0.15, 0.2) is 0 Å². The van der Waals surface area contributed by atoms with Gasteiger partial charge in [-0.2, -0.15) is 18.2 Å². The molecule has 3 aromatic rings. The number of methoxy groups -OCH3 is 2. The number of carbonyl (C=O) groups is 1. The SMILES string of the molecule is COC(=O)Cc1nc(OC)c2c(n1)c1cc(Br)ccc1n2CC(F)(F)F. The Balaban J connectivity index is 2.36. The Kier molecular flexibility index (Phi) is 4.78. The zero-order chi connectivity index (χ0) is 19.1. The van der Waals surface area contributed by atoms with Gasteiger partial charge in [0.2, 0.25) is 5.88 Å². The van der Waals surface area contributed by atoms with E-state index in [2.05, 4.69) is 30.6 Å². The van der Waals surface area contributed by atoms with E-state index >= 15 is 0 Å². The molecule has 0 unspecified atom stereocenters. The number of hydrogen-bond acceptors (Lipinski definition) is 5. The third-order valence-electron chi connectivity index (χ3n) is 3.73. The Labute approximate surface area is 154 Å². The molecule has 0 aliphatic rings. The lowest BCUT2D eigenvalue weighted by Gasteiger charge is -2.12. The first-order valence-electron chi connectivity index (χ1n) is 7.39. The third kappa shape index (κ3) is 3.46. The zero-order valence-electron chi connectivity index (χ0n) is 13.7. The fraction of sp³-hybridized carbons (Fsp3) is 0.312. The lowest BCUT2D eigenvalue weighted by Crippen LogP contribution is -2.18. The molecule has 0 spiro atoms. The largest absolute Gasteiger partial charge is 0.479 e. The van der Waals surface area contributed by atoms with Crippen molar-refractivity contribution >= 4 is 43.8 Å². The van der Waals surface area contributed by atoms with Crippen molar-refractivity contribution in [2.45, 2.75) is 19.1 Å². The number of fused-ring (bicyclic) bond motifs is 3. The molecule has 3 rings (SSSR count). The smallest absolute Gasteiger partial charge is 0.406 e. The van der Waals surface area contributed by atoms with Crippen LogP contribution in [0.3, 0.4) is 0 Å². The fourth-order valence-corrected chi connectivity index (χ4v) is 3.09. The molecular formula is C16H13BrF3N3O3. The van der Waals surface area contributed by atoms with Crippen molar-refractivity contribution in [2.75, 3.05) is 14.2 Å². The highest BCUT2D eigenvalue weighted by Gasteiger charge is 2.31. The van der Waals surface area contributed by atoms with Crippen molar-refractivity contribution in [1.82, 2.24) is 14.5 Å². The number of nitrogens with zero attached hydrogens (tertiary/aromatic N) is 3. The van der Waals surface area contributed by atoms with Gasteiger partial charge < -0.3 is 14.0 Å². The van der Waals surface area contributed by atoms with E-state index in [1.807, 2.05) is 0 Å². The van der Waals surface area contributed by atoms with Crippen LogP contribution in [0.25, 0.3) is 21.9 Å². The number of alkyl halides is 3. The van der Waals surface area contributed by atoms with Crippen LogP contribution in [0.4, 0.5) is 13.2 Å². The van der Waals surface area contributed by atoms with E-state index in [9.17, 15) is 18.0 Å². The number of aromatic nitrogens is 3. The molecular weight excluding hydrogens is 419 g/mol. The quantitative estimate of drug-likeness (QED) is 0.590. The van der Waals surface area contributed by atoms with Gasteiger partial charge in [0.05, 0.1) is 19.7 Å². The number of halogens is 4. The summed E-state index contributed by atoms with van der Waals surface area (Å²) in [6.07, 6.45) is -4.66. The topological polar surface area (TPSA) is 66.2 Å². The summed E-state index contributed by atoms with van der Waals surface area (Å²) in [5, 5.41) is 0.491. The minimum Gasteiger partial charge on any atom is -0.479 e. The van der Waals surface area contributed by atoms with Gasteiger partial charge in [0, 0.05) is 9.86 Å². The van der Waals surface area contributed by atoms with E-state index in [0.29, 0.717) is 15.4 Å². The van der Waals surface area contributed by atoms with Crippen molar-refractivity contribution in [3.05, 3.63) is 28.5 Å². The molecule has 0 bridgehead atoms. The van der Waals surface area contributed by atoms with E-state index in [-0.39, 0.29) is 29.2 Å². The van der Waals surface area contributed by atoms with Gasteiger partial charge in [-0.15, -0.1) is 0 Å². The molecule has 0 N–H and O–H groups in total. The average molecular weight is 432 g/mol. The Bertz CT molecular complexity index is 1000. The number of rotatable bonds is 4. The fourth-order valence-electron chi connectivity index (χ4n) is 2.73. The molecule has 0 radical (unpaired) electrons. The third-order valence-corrected chi connectivity index (χ3v) is 4.23. The van der Waals surface area contributed by atoms with Gasteiger partial charge >= 0.3 is 12.1 Å². The molecule has 138 valence electrons. The van der Waals surface area contributed by atoms with Gasteiger partial charge in [0.1, 0.15) is 29.8 Å². The summed E-state index contributed by atoms with van der Waals surface area (Å²) in [6.45, 7) is -1.22. The molecule has 0 saturated heterocycles. The van der Waals surface area contributed by atoms with Gasteiger partial charge in [-0.3, -0.25) is 4.79 Å². The Hall–Kier alpha value is -2.36. The standard InChI is InChI=1S/C16H13BrF3N3O3/c1-25-12(24)6-11-21-13-9-5-8(17)3-4-10(9)23(7-16(18,19)20)14(13)15(22-11)26-2/h3-5H,6-7H2,1-2H3. The van der Waals surface area contributed by atoms with Crippen LogP contribution in [0, 0.1) is 0 Å². The second-order valence-electron chi connectivity index (χ2n) is 5.46. The number of esters is 1. The van der Waals surface area contributed by atoms with E-state index in [1.54, 1.807) is 18.2 Å². The highest BCUT2D eigenvalue weighted by molar-refractivity contribution is 9.10. The maximum absolute atomic E-state index is 13.1. The van der Waals surface area contributed by atoms with Crippen molar-refractivity contribution in [3.63, 3.8) is 0 Å². The van der Waals surface area contributed by atoms with E-state index in [1.165, 1.54) is 14.2 Å². The predicted octanol–water partition coefficient (Wildman–Crippen LogP) is 3.63. The average Bonchev–Trinajstić information content (AvgIpc) is 2.86. The lowest BCUT2D eigenvalue weighted by atomic mass is 10.2. The molecule has 0 amide bonds. The summed E-state index contributed by atoms with van der Waals surface area (Å²) in [6, 6.07) is 4.87. The second kappa shape index (κ2) is 6.75. The molecule has 2 aromatic heterocycles. The van der Waals surface area contributed by atoms with Gasteiger partial charge in [-0.25, -0.2) is 4.98 Å². The van der Waals surface area contributed by atoms with Crippen LogP contribution < -0.4 is 4.74 Å². The molecule has 0 atom stereocenters. The highest BCUT2D eigenvalue weighted by atomic mass is 79.9. The molecule has 0 aliphatic heterocycles. The van der Waals surface area contributed by atoms with Gasteiger partial charge in [-0.1, -0.05) is 15.9 Å². The van der Waals surface area contributed by atoms with E-state index in [4.69, 9.17) is 4.74 Å². The second-order valence-corrected chi connectivity index (χ2v) is 6.38. The first-order chi connectivity index (χ1) is 12.2. The van der Waals surface area contributed by atoms with Crippen LogP contribution >= 0.6 is 15.9 Å². The molecule has 0 aliphatic carbocycles. The monoisotopic (exact) mass is 431 g/mol. The summed E-state index contributed by atoms with van der Waals surface area (Å²) < 4.78 is 50.9. The maximum Gasteiger partial charge on any atom is 0.406 e. The van der Waals surface area contributed by atoms with E-state index < -0.39 is 18.7 Å². The molecule has 6 nitrogen and oxygen atoms in total. The van der Waals surface area contributed by atoms with Gasteiger partial charge in [0.25, 0.3) is 0 Å². The summed E-state index contributed by atoms with van der Waals surface area (Å²) in [4.78, 5) is 19.9. The van der Waals surface area contributed by atoms with Crippen LogP contribution in [-0.2, 0) is 22.5 Å². The molecule has 0 fully saturated rings. The minimum atomic E-state index is -4.44. The summed E-state index contributed by atoms with van der Waals surface area (Å²) in [5.74, 6) is -0.496. The van der Waals surface area contributed by atoms with Crippen molar-refractivity contribution in [3.8, 4) is 5.88 Å². The lowest BCUT2D eigenvalue weighted by molar-refractivity contribution is -0.140. The number of carbonyl (C=O) groups excluding carboxylic acids is 1. The normalized spacial score (nSPS) is 11.9. The maximum atomic E-state index is 13.1. The predicted molar refractivity (Wildman–Crippen MR) is 91.1 cm³/mol. The van der Waals surface area contributed by atoms with Crippen LogP contribution in [0.2, 0.25) is 0 Å². The van der Waals surface area contributed by atoms with Crippen LogP contribution in [0.5, 0.6) is 5.88 Å².